The third kappa shape index (κ3) is 2.97. The number of hydrogen-bond donors (Lipinski definition) is 1. The number of hydrazine groups is 1. The number of halogens is 1. The summed E-state index contributed by atoms with van der Waals surface area (Å²) in [6.45, 7) is 2.68. The summed E-state index contributed by atoms with van der Waals surface area (Å²) < 4.78 is 0. The quantitative estimate of drug-likeness (QED) is 0.771. The first-order valence-corrected chi connectivity index (χ1v) is 4.64. The molecule has 1 aromatic heterocycles. The van der Waals surface area contributed by atoms with E-state index in [4.69, 9.17) is 11.6 Å². The highest BCUT2D eigenvalue weighted by molar-refractivity contribution is 6.30. The molecule has 1 aromatic rings. The number of amides is 1. The van der Waals surface area contributed by atoms with Crippen LogP contribution in [0.4, 0.5) is 0 Å². The smallest absolute Gasteiger partial charge is 0.267 e. The summed E-state index contributed by atoms with van der Waals surface area (Å²) >= 11 is 5.70. The molecule has 76 valence electrons. The lowest BCUT2D eigenvalue weighted by atomic mass is 10.3. The first kappa shape index (κ1) is 10.9. The van der Waals surface area contributed by atoms with Crippen LogP contribution in [0.15, 0.2) is 18.5 Å². The highest BCUT2D eigenvalue weighted by atomic mass is 35.5. The van der Waals surface area contributed by atoms with Crippen molar-refractivity contribution < 1.29 is 4.79 Å². The molecule has 0 aliphatic carbocycles. The van der Waals surface area contributed by atoms with Gasteiger partial charge >= 0.3 is 0 Å². The zero-order chi connectivity index (χ0) is 10.6. The maximum Gasteiger partial charge on any atom is 0.267 e. The van der Waals surface area contributed by atoms with Gasteiger partial charge in [0.2, 0.25) is 0 Å². The monoisotopic (exact) mass is 213 g/mol. The largest absolute Gasteiger partial charge is 0.285 e. The molecular weight excluding hydrogens is 202 g/mol. The molecule has 0 aromatic carbocycles. The second kappa shape index (κ2) is 4.93. The maximum absolute atomic E-state index is 11.5. The normalized spacial score (nSPS) is 10.3. The molecule has 5 heteroatoms. The van der Waals surface area contributed by atoms with Gasteiger partial charge < -0.3 is 0 Å². The minimum absolute atomic E-state index is 0.204. The first-order valence-electron chi connectivity index (χ1n) is 4.26. The molecule has 1 heterocycles. The van der Waals surface area contributed by atoms with E-state index in [1.165, 1.54) is 12.4 Å². The Labute approximate surface area is 87.9 Å². The van der Waals surface area contributed by atoms with E-state index in [0.717, 1.165) is 6.54 Å². The van der Waals surface area contributed by atoms with Crippen LogP contribution in [0.25, 0.3) is 0 Å². The number of carbonyl (C=O) groups excluding carboxylic acids is 1. The average molecular weight is 214 g/mol. The summed E-state index contributed by atoms with van der Waals surface area (Å²) in [5, 5.41) is 2.14. The van der Waals surface area contributed by atoms with E-state index in [9.17, 15) is 4.79 Å². The second-order valence-corrected chi connectivity index (χ2v) is 3.28. The van der Waals surface area contributed by atoms with Crippen LogP contribution in [0.3, 0.4) is 0 Å². The van der Waals surface area contributed by atoms with Crippen LogP contribution < -0.4 is 5.43 Å². The van der Waals surface area contributed by atoms with Crippen LogP contribution in [-0.4, -0.2) is 29.5 Å². The molecule has 1 rings (SSSR count). The number of pyridine rings is 1. The molecule has 0 aliphatic heterocycles. The third-order valence-electron chi connectivity index (χ3n) is 1.73. The number of hydrogen-bond acceptors (Lipinski definition) is 3. The number of nitrogens with zero attached hydrogens (tertiary/aromatic N) is 2. The number of nitrogens with one attached hydrogen (secondary N) is 1. The van der Waals surface area contributed by atoms with Crippen molar-refractivity contribution in [3.05, 3.63) is 29.0 Å². The highest BCUT2D eigenvalue weighted by Gasteiger charge is 2.07. The second-order valence-electron chi connectivity index (χ2n) is 2.85. The summed E-state index contributed by atoms with van der Waals surface area (Å²) in [6.07, 6.45) is 2.96. The topological polar surface area (TPSA) is 45.2 Å². The van der Waals surface area contributed by atoms with E-state index in [1.54, 1.807) is 18.1 Å². The summed E-state index contributed by atoms with van der Waals surface area (Å²) in [5.74, 6) is -0.204. The minimum Gasteiger partial charge on any atom is -0.285 e. The van der Waals surface area contributed by atoms with E-state index >= 15 is 0 Å². The van der Waals surface area contributed by atoms with E-state index in [-0.39, 0.29) is 5.91 Å². The summed E-state index contributed by atoms with van der Waals surface area (Å²) in [7, 11) is 1.79. The average Bonchev–Trinajstić information content (AvgIpc) is 2.17. The van der Waals surface area contributed by atoms with Gasteiger partial charge in [-0.3, -0.25) is 15.2 Å². The fourth-order valence-corrected chi connectivity index (χ4v) is 1.03. The van der Waals surface area contributed by atoms with Crippen LogP contribution in [0, 0.1) is 0 Å². The maximum atomic E-state index is 11.5. The summed E-state index contributed by atoms with van der Waals surface area (Å²) in [5.41, 5.74) is 3.13. The van der Waals surface area contributed by atoms with Crippen molar-refractivity contribution in [2.75, 3.05) is 13.6 Å². The molecule has 1 amide bonds. The molecule has 0 fully saturated rings. The molecule has 0 unspecified atom stereocenters. The fourth-order valence-electron chi connectivity index (χ4n) is 0.853. The van der Waals surface area contributed by atoms with E-state index in [1.807, 2.05) is 6.92 Å². The summed E-state index contributed by atoms with van der Waals surface area (Å²) in [6, 6.07) is 1.58. The standard InChI is InChI=1S/C9H12ClN3O/c1-3-13(2)12-9(14)7-4-8(10)6-11-5-7/h4-6H,3H2,1-2H3,(H,12,14). The van der Waals surface area contributed by atoms with Gasteiger partial charge in [0.15, 0.2) is 0 Å². The van der Waals surface area contributed by atoms with E-state index in [0.29, 0.717) is 10.6 Å². The molecule has 14 heavy (non-hydrogen) atoms. The Morgan fingerprint density at radius 1 is 1.64 bits per heavy atom. The van der Waals surface area contributed by atoms with Crippen LogP contribution >= 0.6 is 11.6 Å². The van der Waals surface area contributed by atoms with Gasteiger partial charge in [-0.2, -0.15) is 0 Å². The van der Waals surface area contributed by atoms with Gasteiger partial charge in [-0.25, -0.2) is 5.01 Å². The van der Waals surface area contributed by atoms with Gasteiger partial charge in [-0.1, -0.05) is 18.5 Å². The zero-order valence-corrected chi connectivity index (χ0v) is 8.88. The molecule has 0 saturated carbocycles. The molecule has 0 spiro atoms. The SMILES string of the molecule is CCN(C)NC(=O)c1cncc(Cl)c1. The minimum atomic E-state index is -0.204. The lowest BCUT2D eigenvalue weighted by Gasteiger charge is -2.15. The van der Waals surface area contributed by atoms with Gasteiger partial charge in [0.1, 0.15) is 0 Å². The van der Waals surface area contributed by atoms with Crippen LogP contribution in [0.2, 0.25) is 5.02 Å². The van der Waals surface area contributed by atoms with Crippen molar-refractivity contribution >= 4 is 17.5 Å². The van der Waals surface area contributed by atoms with E-state index in [2.05, 4.69) is 10.4 Å². The number of rotatable bonds is 3. The van der Waals surface area contributed by atoms with Gasteiger partial charge in [-0.15, -0.1) is 0 Å². The lowest BCUT2D eigenvalue weighted by Crippen LogP contribution is -2.39. The van der Waals surface area contributed by atoms with Crippen molar-refractivity contribution in [2.24, 2.45) is 0 Å². The number of carbonyl (C=O) groups is 1. The Balaban J connectivity index is 2.70. The van der Waals surface area contributed by atoms with Crippen molar-refractivity contribution in [3.63, 3.8) is 0 Å². The van der Waals surface area contributed by atoms with Crippen LogP contribution in [0.5, 0.6) is 0 Å². The Bertz CT molecular complexity index is 330. The predicted molar refractivity (Wildman–Crippen MR) is 55.0 cm³/mol. The molecule has 0 saturated heterocycles. The van der Waals surface area contributed by atoms with Crippen molar-refractivity contribution in [3.8, 4) is 0 Å². The molecular formula is C9H12ClN3O. The predicted octanol–water partition coefficient (Wildman–Crippen LogP) is 1.33. The van der Waals surface area contributed by atoms with Crippen molar-refractivity contribution in [2.45, 2.75) is 6.92 Å². The zero-order valence-electron chi connectivity index (χ0n) is 8.12. The molecule has 4 nitrogen and oxygen atoms in total. The van der Waals surface area contributed by atoms with Crippen molar-refractivity contribution in [1.29, 1.82) is 0 Å². The van der Waals surface area contributed by atoms with Gasteiger partial charge in [-0.05, 0) is 6.07 Å². The molecule has 0 bridgehead atoms. The Hall–Kier alpha value is -1.13. The van der Waals surface area contributed by atoms with Gasteiger partial charge in [0.05, 0.1) is 10.6 Å². The number of aromatic nitrogens is 1. The van der Waals surface area contributed by atoms with Crippen LogP contribution in [0.1, 0.15) is 17.3 Å². The molecule has 1 N–H and O–H groups in total. The first-order chi connectivity index (χ1) is 6.63. The van der Waals surface area contributed by atoms with Crippen molar-refractivity contribution in [1.82, 2.24) is 15.4 Å². The fraction of sp³-hybridized carbons (Fsp3) is 0.333. The molecule has 0 radical (unpaired) electrons. The summed E-state index contributed by atoms with van der Waals surface area (Å²) in [4.78, 5) is 15.3. The van der Waals surface area contributed by atoms with Crippen LogP contribution in [-0.2, 0) is 0 Å². The highest BCUT2D eigenvalue weighted by Crippen LogP contribution is 2.07. The van der Waals surface area contributed by atoms with Gasteiger partial charge in [0, 0.05) is 26.0 Å². The lowest BCUT2D eigenvalue weighted by molar-refractivity contribution is 0.0834. The van der Waals surface area contributed by atoms with Gasteiger partial charge in [0.25, 0.3) is 5.91 Å². The Kier molecular flexibility index (Phi) is 3.85. The Morgan fingerprint density at radius 3 is 2.93 bits per heavy atom. The van der Waals surface area contributed by atoms with E-state index < -0.39 is 0 Å². The molecule has 0 atom stereocenters. The Morgan fingerprint density at radius 2 is 2.36 bits per heavy atom. The molecule has 0 aliphatic rings. The third-order valence-corrected chi connectivity index (χ3v) is 1.94.